The SMILES string of the molecule is C=C[C@H]1C[C@]1(NC(=O)[C@@H]1C[C@@H]2CN1C(=O)[C@H](CCC(C)C)NC(=O)CCCCCCc1ccc3nc(-c4ccccc4)cc(c3c1)O2)C(=O)O. The number of benzene rings is 2. The molecular weight excluding hydrogens is 632 g/mol. The second-order valence-corrected chi connectivity index (χ2v) is 14.5. The summed E-state index contributed by atoms with van der Waals surface area (Å²) in [6.07, 6.45) is 7.26. The van der Waals surface area contributed by atoms with Crippen LogP contribution in [0.2, 0.25) is 0 Å². The lowest BCUT2D eigenvalue weighted by Gasteiger charge is -2.29. The van der Waals surface area contributed by atoms with E-state index in [0.717, 1.165) is 59.8 Å². The summed E-state index contributed by atoms with van der Waals surface area (Å²) < 4.78 is 6.76. The fourth-order valence-corrected chi connectivity index (χ4v) is 7.32. The van der Waals surface area contributed by atoms with Crippen LogP contribution in [0.4, 0.5) is 0 Å². The van der Waals surface area contributed by atoms with Crippen molar-refractivity contribution in [1.82, 2.24) is 20.5 Å². The molecule has 6 rings (SSSR count). The molecule has 1 saturated heterocycles. The van der Waals surface area contributed by atoms with Gasteiger partial charge < -0.3 is 25.4 Å². The van der Waals surface area contributed by atoms with E-state index in [9.17, 15) is 24.3 Å². The Hall–Kier alpha value is -4.73. The largest absolute Gasteiger partial charge is 0.488 e. The lowest BCUT2D eigenvalue weighted by molar-refractivity contribution is -0.146. The number of aliphatic carboxylic acids is 1. The Balaban J connectivity index is 1.38. The highest BCUT2D eigenvalue weighted by Crippen LogP contribution is 2.45. The van der Waals surface area contributed by atoms with E-state index in [0.29, 0.717) is 30.9 Å². The Morgan fingerprint density at radius 2 is 1.86 bits per heavy atom. The second-order valence-electron chi connectivity index (χ2n) is 14.5. The van der Waals surface area contributed by atoms with Crippen molar-refractivity contribution in [2.24, 2.45) is 11.8 Å². The van der Waals surface area contributed by atoms with Crippen molar-refractivity contribution in [2.45, 2.75) is 102 Å². The molecule has 2 aliphatic heterocycles. The molecule has 3 amide bonds. The van der Waals surface area contributed by atoms with E-state index >= 15 is 0 Å². The molecule has 2 fully saturated rings. The molecule has 0 radical (unpaired) electrons. The summed E-state index contributed by atoms with van der Waals surface area (Å²) in [7, 11) is 0. The maximum atomic E-state index is 14.4. The van der Waals surface area contributed by atoms with Gasteiger partial charge in [0.1, 0.15) is 29.5 Å². The van der Waals surface area contributed by atoms with E-state index in [1.165, 1.54) is 4.90 Å². The van der Waals surface area contributed by atoms with Gasteiger partial charge in [-0.05, 0) is 62.1 Å². The first-order chi connectivity index (χ1) is 24.1. The quantitative estimate of drug-likeness (QED) is 0.255. The van der Waals surface area contributed by atoms with Crippen molar-refractivity contribution in [3.63, 3.8) is 0 Å². The summed E-state index contributed by atoms with van der Waals surface area (Å²) in [5.41, 5.74) is 2.16. The van der Waals surface area contributed by atoms with E-state index in [1.807, 2.05) is 42.5 Å². The van der Waals surface area contributed by atoms with Crippen LogP contribution in [0.1, 0.15) is 77.2 Å². The van der Waals surface area contributed by atoms with Crippen molar-refractivity contribution in [3.8, 4) is 17.0 Å². The van der Waals surface area contributed by atoms with Gasteiger partial charge in [0.05, 0.1) is 17.8 Å². The maximum absolute atomic E-state index is 14.4. The fourth-order valence-electron chi connectivity index (χ4n) is 7.32. The molecule has 1 aromatic heterocycles. The Labute approximate surface area is 293 Å². The molecule has 0 unspecified atom stereocenters. The van der Waals surface area contributed by atoms with Crippen LogP contribution >= 0.6 is 0 Å². The van der Waals surface area contributed by atoms with E-state index in [-0.39, 0.29) is 31.2 Å². The van der Waals surface area contributed by atoms with Gasteiger partial charge in [-0.25, -0.2) is 9.78 Å². The number of ether oxygens (including phenoxy) is 1. The molecule has 3 aromatic rings. The number of hydrogen-bond acceptors (Lipinski definition) is 6. The van der Waals surface area contributed by atoms with Gasteiger partial charge in [0.15, 0.2) is 0 Å². The minimum absolute atomic E-state index is 0.0973. The van der Waals surface area contributed by atoms with Crippen LogP contribution in [0, 0.1) is 11.8 Å². The molecule has 50 heavy (non-hydrogen) atoms. The highest BCUT2D eigenvalue weighted by atomic mass is 16.5. The number of rotatable bonds is 8. The Kier molecular flexibility index (Phi) is 10.6. The summed E-state index contributed by atoms with van der Waals surface area (Å²) >= 11 is 0. The number of aryl methyl sites for hydroxylation is 1. The van der Waals surface area contributed by atoms with E-state index in [1.54, 1.807) is 6.08 Å². The van der Waals surface area contributed by atoms with Crippen molar-refractivity contribution >= 4 is 34.6 Å². The first-order valence-corrected chi connectivity index (χ1v) is 18.0. The number of carboxylic acids is 1. The normalized spacial score (nSPS) is 25.8. The zero-order chi connectivity index (χ0) is 35.4. The van der Waals surface area contributed by atoms with Crippen LogP contribution in [0.5, 0.6) is 5.75 Å². The number of aromatic nitrogens is 1. The van der Waals surface area contributed by atoms with Crippen LogP contribution in [0.15, 0.2) is 67.3 Å². The van der Waals surface area contributed by atoms with Crippen molar-refractivity contribution < 1.29 is 29.0 Å². The Morgan fingerprint density at radius 3 is 2.56 bits per heavy atom. The van der Waals surface area contributed by atoms with Gasteiger partial charge in [0, 0.05) is 35.8 Å². The molecule has 264 valence electrons. The first-order valence-electron chi connectivity index (χ1n) is 18.0. The standard InChI is InChI=1S/C40H48N4O6/c1-4-28-23-40(28,39(48)49)43-37(46)34-21-29-24-44(34)38(47)32(18-16-25(2)3)42-36(45)15-11-6-5-8-12-26-17-19-31-30(20-26)35(50-29)22-33(41-31)27-13-9-7-10-14-27/h4,7,9-10,13-14,17,19-20,22,25,28-29,32,34H,1,5-6,8,11-12,15-16,18,21,23-24H2,2-3H3,(H,42,45)(H,43,46)(H,48,49)/t28-,29+,32-,34-,40+/m0/s1. The van der Waals surface area contributed by atoms with E-state index in [2.05, 4.69) is 43.2 Å². The predicted molar refractivity (Wildman–Crippen MR) is 191 cm³/mol. The van der Waals surface area contributed by atoms with Gasteiger partial charge in [-0.3, -0.25) is 14.4 Å². The van der Waals surface area contributed by atoms with Crippen LogP contribution in [0.25, 0.3) is 22.2 Å². The zero-order valence-corrected chi connectivity index (χ0v) is 29.0. The summed E-state index contributed by atoms with van der Waals surface area (Å²) in [5, 5.41) is 16.7. The number of carbonyl (C=O) groups is 4. The minimum Gasteiger partial charge on any atom is -0.488 e. The number of amides is 3. The first kappa shape index (κ1) is 35.1. The summed E-state index contributed by atoms with van der Waals surface area (Å²) in [4.78, 5) is 60.3. The molecule has 3 N–H and O–H groups in total. The summed E-state index contributed by atoms with van der Waals surface area (Å²) in [6.45, 7) is 7.96. The smallest absolute Gasteiger partial charge is 0.330 e. The number of pyridine rings is 1. The highest BCUT2D eigenvalue weighted by Gasteiger charge is 2.61. The van der Waals surface area contributed by atoms with Crippen molar-refractivity contribution in [3.05, 3.63) is 72.8 Å². The van der Waals surface area contributed by atoms with Crippen LogP contribution < -0.4 is 15.4 Å². The molecule has 10 nitrogen and oxygen atoms in total. The van der Waals surface area contributed by atoms with Gasteiger partial charge in [0.25, 0.3) is 0 Å². The molecule has 0 spiro atoms. The predicted octanol–water partition coefficient (Wildman–Crippen LogP) is 5.82. The van der Waals surface area contributed by atoms with Gasteiger partial charge in [-0.2, -0.15) is 0 Å². The molecule has 1 saturated carbocycles. The minimum atomic E-state index is -1.45. The monoisotopic (exact) mass is 680 g/mol. The summed E-state index contributed by atoms with van der Waals surface area (Å²) in [5.74, 6) is -1.73. The number of nitrogens with one attached hydrogen (secondary N) is 2. The number of carboxylic acid groups (broad SMARTS) is 1. The summed E-state index contributed by atoms with van der Waals surface area (Å²) in [6, 6.07) is 16.2. The lowest BCUT2D eigenvalue weighted by Crippen LogP contribution is -2.56. The van der Waals surface area contributed by atoms with E-state index < -0.39 is 41.5 Å². The van der Waals surface area contributed by atoms with Gasteiger partial charge in [-0.15, -0.1) is 6.58 Å². The van der Waals surface area contributed by atoms with Crippen LogP contribution in [-0.4, -0.2) is 69.0 Å². The Morgan fingerprint density at radius 1 is 1.10 bits per heavy atom. The van der Waals surface area contributed by atoms with Crippen molar-refractivity contribution in [2.75, 3.05) is 6.54 Å². The molecule has 4 bridgehead atoms. The molecule has 5 atom stereocenters. The number of hydrogen-bond donors (Lipinski definition) is 3. The van der Waals surface area contributed by atoms with Crippen LogP contribution in [-0.2, 0) is 25.6 Å². The van der Waals surface area contributed by atoms with Gasteiger partial charge in [-0.1, -0.05) is 69.2 Å². The number of fused-ring (bicyclic) bond motifs is 3. The van der Waals surface area contributed by atoms with Crippen LogP contribution in [0.3, 0.4) is 0 Å². The third-order valence-corrected chi connectivity index (χ3v) is 10.4. The number of nitrogens with zero attached hydrogens (tertiary/aromatic N) is 2. The molecular formula is C40H48N4O6. The average Bonchev–Trinajstić information content (AvgIpc) is 3.67. The lowest BCUT2D eigenvalue weighted by atomic mass is 10.0. The van der Waals surface area contributed by atoms with Gasteiger partial charge in [0.2, 0.25) is 17.7 Å². The Bertz CT molecular complexity index is 1760. The molecule has 3 heterocycles. The van der Waals surface area contributed by atoms with E-state index in [4.69, 9.17) is 9.72 Å². The molecule has 3 aliphatic rings. The maximum Gasteiger partial charge on any atom is 0.330 e. The third kappa shape index (κ3) is 7.69. The zero-order valence-electron chi connectivity index (χ0n) is 29.0. The topological polar surface area (TPSA) is 138 Å². The highest BCUT2D eigenvalue weighted by molar-refractivity contribution is 5.96. The third-order valence-electron chi connectivity index (χ3n) is 10.4. The molecule has 2 aromatic carbocycles. The molecule has 1 aliphatic carbocycles. The second kappa shape index (κ2) is 15.0. The van der Waals surface area contributed by atoms with Gasteiger partial charge >= 0.3 is 5.97 Å². The average molecular weight is 681 g/mol. The number of carbonyl (C=O) groups excluding carboxylic acids is 3. The van der Waals surface area contributed by atoms with Crippen molar-refractivity contribution in [1.29, 1.82) is 0 Å². The molecule has 10 heteroatoms. The fraction of sp³-hybridized carbons (Fsp3) is 0.475.